The number of hydrogen-bond acceptors (Lipinski definition) is 1. The monoisotopic (exact) mass is 271 g/mol. The Balaban J connectivity index is 2.61. The molecule has 1 aromatic carbocycles. The van der Waals surface area contributed by atoms with E-state index in [4.69, 9.17) is 0 Å². The molecule has 1 nitrogen and oxygen atoms in total. The standard InChI is InChI=1S/C11H11F6N/c1-18(9-4-2-8(12)3-5-9)7-6-10(13,14)11(15,16)17/h2-5H,6-7H2,1H3. The largest absolute Gasteiger partial charge is 0.453 e. The van der Waals surface area contributed by atoms with Crippen LogP contribution < -0.4 is 4.90 Å². The van der Waals surface area contributed by atoms with E-state index in [1.54, 1.807) is 0 Å². The molecule has 102 valence electrons. The minimum Gasteiger partial charge on any atom is -0.374 e. The maximum absolute atomic E-state index is 12.7. The highest BCUT2D eigenvalue weighted by Gasteiger charge is 2.56. The van der Waals surface area contributed by atoms with Gasteiger partial charge < -0.3 is 4.90 Å². The fourth-order valence-electron chi connectivity index (χ4n) is 1.27. The van der Waals surface area contributed by atoms with Gasteiger partial charge in [-0.05, 0) is 24.3 Å². The quantitative estimate of drug-likeness (QED) is 0.752. The molecule has 0 spiro atoms. The van der Waals surface area contributed by atoms with Gasteiger partial charge in [-0.25, -0.2) is 4.39 Å². The summed E-state index contributed by atoms with van der Waals surface area (Å²) >= 11 is 0. The molecule has 0 radical (unpaired) electrons. The summed E-state index contributed by atoms with van der Waals surface area (Å²) in [6, 6.07) is 4.82. The number of benzene rings is 1. The van der Waals surface area contributed by atoms with Crippen LogP contribution in [0.1, 0.15) is 6.42 Å². The van der Waals surface area contributed by atoms with Gasteiger partial charge in [-0.15, -0.1) is 0 Å². The van der Waals surface area contributed by atoms with Gasteiger partial charge in [-0.3, -0.25) is 0 Å². The van der Waals surface area contributed by atoms with Crippen LogP contribution in [0.5, 0.6) is 0 Å². The molecule has 0 N–H and O–H groups in total. The van der Waals surface area contributed by atoms with E-state index in [0.717, 1.165) is 12.1 Å². The average molecular weight is 271 g/mol. The van der Waals surface area contributed by atoms with Gasteiger partial charge >= 0.3 is 12.1 Å². The summed E-state index contributed by atoms with van der Waals surface area (Å²) in [5.41, 5.74) is 0.370. The van der Waals surface area contributed by atoms with E-state index < -0.39 is 30.9 Å². The lowest BCUT2D eigenvalue weighted by Crippen LogP contribution is -2.39. The first kappa shape index (κ1) is 14.7. The molecular formula is C11H11F6N. The fraction of sp³-hybridized carbons (Fsp3) is 0.455. The molecule has 0 unspecified atom stereocenters. The lowest BCUT2D eigenvalue weighted by atomic mass is 10.2. The van der Waals surface area contributed by atoms with Crippen LogP contribution in [-0.4, -0.2) is 25.7 Å². The van der Waals surface area contributed by atoms with Crippen molar-refractivity contribution in [3.8, 4) is 0 Å². The summed E-state index contributed by atoms with van der Waals surface area (Å²) in [4.78, 5) is 1.21. The van der Waals surface area contributed by atoms with Crippen molar-refractivity contribution in [1.29, 1.82) is 0 Å². The van der Waals surface area contributed by atoms with Crippen molar-refractivity contribution in [2.24, 2.45) is 0 Å². The van der Waals surface area contributed by atoms with E-state index in [-0.39, 0.29) is 0 Å². The molecule has 0 saturated carbocycles. The van der Waals surface area contributed by atoms with Crippen LogP contribution in [0, 0.1) is 5.82 Å². The van der Waals surface area contributed by atoms with Gasteiger partial charge in [-0.2, -0.15) is 22.0 Å². The Bertz CT molecular complexity index is 384. The first-order valence-corrected chi connectivity index (χ1v) is 5.05. The van der Waals surface area contributed by atoms with Crippen LogP contribution in [0.15, 0.2) is 24.3 Å². The first-order chi connectivity index (χ1) is 8.13. The van der Waals surface area contributed by atoms with Gasteiger partial charge in [0.2, 0.25) is 0 Å². The number of rotatable bonds is 4. The van der Waals surface area contributed by atoms with Crippen LogP contribution in [0.3, 0.4) is 0 Å². The minimum atomic E-state index is -5.55. The summed E-state index contributed by atoms with van der Waals surface area (Å²) in [5.74, 6) is -5.23. The normalized spacial score (nSPS) is 12.6. The molecular weight excluding hydrogens is 260 g/mol. The molecule has 0 saturated heterocycles. The molecule has 0 fully saturated rings. The van der Waals surface area contributed by atoms with E-state index in [9.17, 15) is 26.3 Å². The van der Waals surface area contributed by atoms with E-state index in [2.05, 4.69) is 0 Å². The Hall–Kier alpha value is -1.40. The lowest BCUT2D eigenvalue weighted by molar-refractivity contribution is -0.283. The Labute approximate surface area is 100 Å². The third-order valence-electron chi connectivity index (χ3n) is 2.44. The second kappa shape index (κ2) is 5.07. The van der Waals surface area contributed by atoms with Gasteiger partial charge in [0, 0.05) is 25.7 Å². The van der Waals surface area contributed by atoms with Gasteiger partial charge in [0.05, 0.1) is 0 Å². The summed E-state index contributed by atoms with van der Waals surface area (Å²) in [6.45, 7) is -0.488. The molecule has 0 amide bonds. The van der Waals surface area contributed by atoms with Crippen molar-refractivity contribution < 1.29 is 26.3 Å². The molecule has 1 aromatic rings. The van der Waals surface area contributed by atoms with Crippen molar-refractivity contribution in [2.45, 2.75) is 18.5 Å². The second-order valence-corrected chi connectivity index (χ2v) is 3.85. The zero-order chi connectivity index (χ0) is 14.0. The molecule has 0 bridgehead atoms. The summed E-state index contributed by atoms with van der Waals surface area (Å²) in [5, 5.41) is 0. The first-order valence-electron chi connectivity index (χ1n) is 5.05. The number of halogens is 6. The van der Waals surface area contributed by atoms with Gasteiger partial charge in [0.25, 0.3) is 0 Å². The molecule has 0 aliphatic carbocycles. The van der Waals surface area contributed by atoms with E-state index in [0.29, 0.717) is 5.69 Å². The maximum Gasteiger partial charge on any atom is 0.453 e. The zero-order valence-corrected chi connectivity index (χ0v) is 9.44. The zero-order valence-electron chi connectivity index (χ0n) is 9.44. The van der Waals surface area contributed by atoms with Crippen molar-refractivity contribution in [3.05, 3.63) is 30.1 Å². The smallest absolute Gasteiger partial charge is 0.374 e. The molecule has 0 aliphatic heterocycles. The molecule has 0 aromatic heterocycles. The van der Waals surface area contributed by atoms with Crippen LogP contribution in [0.4, 0.5) is 32.0 Å². The Morgan fingerprint density at radius 1 is 1.00 bits per heavy atom. The van der Waals surface area contributed by atoms with Gasteiger partial charge in [-0.1, -0.05) is 0 Å². The molecule has 0 atom stereocenters. The lowest BCUT2D eigenvalue weighted by Gasteiger charge is -2.24. The summed E-state index contributed by atoms with van der Waals surface area (Å²) < 4.78 is 73.7. The second-order valence-electron chi connectivity index (χ2n) is 3.85. The third-order valence-corrected chi connectivity index (χ3v) is 2.44. The highest BCUT2D eigenvalue weighted by molar-refractivity contribution is 5.45. The predicted octanol–water partition coefficient (Wildman–Crippen LogP) is 3.85. The van der Waals surface area contributed by atoms with E-state index >= 15 is 0 Å². The molecule has 7 heteroatoms. The van der Waals surface area contributed by atoms with Crippen molar-refractivity contribution >= 4 is 5.69 Å². The minimum absolute atomic E-state index is 0.370. The van der Waals surface area contributed by atoms with Crippen molar-refractivity contribution in [2.75, 3.05) is 18.5 Å². The molecule has 18 heavy (non-hydrogen) atoms. The fourth-order valence-corrected chi connectivity index (χ4v) is 1.27. The number of alkyl halides is 5. The van der Waals surface area contributed by atoms with E-state index in [1.807, 2.05) is 0 Å². The topological polar surface area (TPSA) is 3.24 Å². The Kier molecular flexibility index (Phi) is 4.13. The van der Waals surface area contributed by atoms with E-state index in [1.165, 1.54) is 24.1 Å². The average Bonchev–Trinajstić information content (AvgIpc) is 2.25. The predicted molar refractivity (Wildman–Crippen MR) is 55.3 cm³/mol. The Morgan fingerprint density at radius 3 is 1.94 bits per heavy atom. The van der Waals surface area contributed by atoms with Crippen LogP contribution >= 0.6 is 0 Å². The highest BCUT2D eigenvalue weighted by atomic mass is 19.4. The Morgan fingerprint density at radius 2 is 1.50 bits per heavy atom. The SMILES string of the molecule is CN(CCC(F)(F)C(F)(F)F)c1ccc(F)cc1. The highest BCUT2D eigenvalue weighted by Crippen LogP contribution is 2.38. The number of hydrogen-bond donors (Lipinski definition) is 0. The molecule has 0 aliphatic rings. The van der Waals surface area contributed by atoms with Crippen molar-refractivity contribution in [3.63, 3.8) is 0 Å². The third kappa shape index (κ3) is 3.54. The molecule has 1 rings (SSSR count). The number of anilines is 1. The van der Waals surface area contributed by atoms with Gasteiger partial charge in [0.15, 0.2) is 0 Å². The number of nitrogens with zero attached hydrogens (tertiary/aromatic N) is 1. The maximum atomic E-state index is 12.7. The summed E-state index contributed by atoms with van der Waals surface area (Å²) in [6.07, 6.45) is -6.89. The van der Waals surface area contributed by atoms with Gasteiger partial charge in [0.1, 0.15) is 5.82 Å². The molecule has 0 heterocycles. The van der Waals surface area contributed by atoms with Crippen molar-refractivity contribution in [1.82, 2.24) is 0 Å². The summed E-state index contributed by atoms with van der Waals surface area (Å²) in [7, 11) is 1.36. The van der Waals surface area contributed by atoms with Crippen LogP contribution in [0.2, 0.25) is 0 Å². The van der Waals surface area contributed by atoms with Crippen LogP contribution in [-0.2, 0) is 0 Å². The van der Waals surface area contributed by atoms with Crippen LogP contribution in [0.25, 0.3) is 0 Å².